The van der Waals surface area contributed by atoms with E-state index in [-0.39, 0.29) is 11.4 Å². The van der Waals surface area contributed by atoms with Crippen LogP contribution in [0.1, 0.15) is 30.4 Å². The van der Waals surface area contributed by atoms with Crippen molar-refractivity contribution in [2.45, 2.75) is 37.2 Å². The van der Waals surface area contributed by atoms with Gasteiger partial charge in [0.25, 0.3) is 0 Å². The summed E-state index contributed by atoms with van der Waals surface area (Å²) in [6.45, 7) is 4.71. The Labute approximate surface area is 166 Å². The van der Waals surface area contributed by atoms with Gasteiger partial charge in [0.1, 0.15) is 6.54 Å². The molecule has 2 heterocycles. The van der Waals surface area contributed by atoms with Crippen LogP contribution in [0.15, 0.2) is 47.4 Å². The molecular formula is C21H27N2O4S+. The second-order valence-electron chi connectivity index (χ2n) is 7.39. The molecule has 1 fully saturated rings. The molecule has 7 heteroatoms. The number of sulfonamides is 1. The SMILES string of the molecule is O=S(=O)(NCc1ccccc1C[NH+]1CCCC1)c1ccc2c(c1)OCCCO2. The number of hydrogen-bond acceptors (Lipinski definition) is 4. The lowest BCUT2D eigenvalue weighted by atomic mass is 10.1. The summed E-state index contributed by atoms with van der Waals surface area (Å²) in [5.41, 5.74) is 2.24. The Kier molecular flexibility index (Phi) is 5.85. The lowest BCUT2D eigenvalue weighted by Crippen LogP contribution is -3.08. The number of hydrogen-bond donors (Lipinski definition) is 2. The maximum atomic E-state index is 12.8. The fraction of sp³-hybridized carbons (Fsp3) is 0.429. The van der Waals surface area contributed by atoms with Crippen LogP contribution < -0.4 is 19.1 Å². The second-order valence-corrected chi connectivity index (χ2v) is 9.15. The molecule has 150 valence electrons. The van der Waals surface area contributed by atoms with Gasteiger partial charge in [0, 0.05) is 37.4 Å². The predicted octanol–water partition coefficient (Wildman–Crippen LogP) is 1.51. The fourth-order valence-corrected chi connectivity index (χ4v) is 4.81. The smallest absolute Gasteiger partial charge is 0.241 e. The van der Waals surface area contributed by atoms with Gasteiger partial charge >= 0.3 is 0 Å². The molecule has 2 aromatic carbocycles. The summed E-state index contributed by atoms with van der Waals surface area (Å²) in [6.07, 6.45) is 3.33. The van der Waals surface area contributed by atoms with Crippen LogP contribution in [0.4, 0.5) is 0 Å². The minimum absolute atomic E-state index is 0.194. The van der Waals surface area contributed by atoms with E-state index in [2.05, 4.69) is 10.8 Å². The normalized spacial score (nSPS) is 17.4. The zero-order valence-corrected chi connectivity index (χ0v) is 16.8. The number of likely N-dealkylation sites (tertiary alicyclic amines) is 1. The summed E-state index contributed by atoms with van der Waals surface area (Å²) >= 11 is 0. The molecule has 0 bridgehead atoms. The van der Waals surface area contributed by atoms with E-state index in [0.29, 0.717) is 24.7 Å². The van der Waals surface area contributed by atoms with Crippen molar-refractivity contribution in [3.05, 3.63) is 53.6 Å². The molecule has 0 amide bonds. The van der Waals surface area contributed by atoms with Crippen LogP contribution >= 0.6 is 0 Å². The maximum Gasteiger partial charge on any atom is 0.241 e. The first kappa shape index (κ1) is 19.2. The van der Waals surface area contributed by atoms with Crippen LogP contribution in [0.2, 0.25) is 0 Å². The third-order valence-corrected chi connectivity index (χ3v) is 6.75. The number of fused-ring (bicyclic) bond motifs is 1. The standard InChI is InChI=1S/C21H26N2O4S/c24-28(25,19-8-9-20-21(14-19)27-13-5-12-26-20)22-15-17-6-1-2-7-18(17)16-23-10-3-4-11-23/h1-2,6-9,14,22H,3-5,10-13,15-16H2/p+1. The van der Waals surface area contributed by atoms with Gasteiger partial charge in [0.05, 0.1) is 31.2 Å². The van der Waals surface area contributed by atoms with Gasteiger partial charge in [-0.2, -0.15) is 0 Å². The lowest BCUT2D eigenvalue weighted by Gasteiger charge is -2.16. The molecule has 0 spiro atoms. The van der Waals surface area contributed by atoms with E-state index in [4.69, 9.17) is 9.47 Å². The highest BCUT2D eigenvalue weighted by atomic mass is 32.2. The van der Waals surface area contributed by atoms with E-state index in [9.17, 15) is 8.42 Å². The highest BCUT2D eigenvalue weighted by Crippen LogP contribution is 2.31. The second kappa shape index (κ2) is 8.51. The first-order chi connectivity index (χ1) is 13.6. The van der Waals surface area contributed by atoms with Crippen molar-refractivity contribution in [3.63, 3.8) is 0 Å². The number of nitrogens with one attached hydrogen (secondary N) is 2. The molecule has 0 saturated carbocycles. The van der Waals surface area contributed by atoms with E-state index in [1.165, 1.54) is 31.5 Å². The molecule has 0 aromatic heterocycles. The van der Waals surface area contributed by atoms with Gasteiger partial charge in [-0.25, -0.2) is 13.1 Å². The average molecular weight is 404 g/mol. The van der Waals surface area contributed by atoms with Crippen molar-refractivity contribution in [2.24, 2.45) is 0 Å². The minimum atomic E-state index is -3.64. The van der Waals surface area contributed by atoms with Crippen LogP contribution in [0.3, 0.4) is 0 Å². The first-order valence-corrected chi connectivity index (χ1v) is 11.4. The van der Waals surface area contributed by atoms with E-state index < -0.39 is 10.0 Å². The van der Waals surface area contributed by atoms with E-state index in [1.807, 2.05) is 18.2 Å². The molecular weight excluding hydrogens is 376 g/mol. The Balaban J connectivity index is 1.48. The molecule has 0 radical (unpaired) electrons. The molecule has 2 aliphatic heterocycles. The monoisotopic (exact) mass is 403 g/mol. The molecule has 2 aliphatic rings. The van der Waals surface area contributed by atoms with Gasteiger partial charge in [0.15, 0.2) is 11.5 Å². The predicted molar refractivity (Wildman–Crippen MR) is 106 cm³/mol. The van der Waals surface area contributed by atoms with Crippen LogP contribution in [0, 0.1) is 0 Å². The van der Waals surface area contributed by atoms with E-state index in [0.717, 1.165) is 18.5 Å². The topological polar surface area (TPSA) is 69.1 Å². The largest absolute Gasteiger partial charge is 0.490 e. The number of ether oxygens (including phenoxy) is 2. The van der Waals surface area contributed by atoms with Gasteiger partial charge in [-0.15, -0.1) is 0 Å². The molecule has 0 unspecified atom stereocenters. The Morgan fingerprint density at radius 2 is 1.61 bits per heavy atom. The van der Waals surface area contributed by atoms with E-state index >= 15 is 0 Å². The number of quaternary nitrogens is 1. The van der Waals surface area contributed by atoms with Crippen molar-refractivity contribution >= 4 is 10.0 Å². The maximum absolute atomic E-state index is 12.8. The van der Waals surface area contributed by atoms with E-state index in [1.54, 1.807) is 23.1 Å². The number of benzene rings is 2. The third kappa shape index (κ3) is 4.48. The van der Waals surface area contributed by atoms with Gasteiger partial charge < -0.3 is 14.4 Å². The van der Waals surface area contributed by atoms with Crippen LogP contribution in [-0.4, -0.2) is 34.7 Å². The fourth-order valence-electron chi connectivity index (χ4n) is 3.79. The van der Waals surface area contributed by atoms with Gasteiger partial charge in [-0.05, 0) is 17.7 Å². The molecule has 4 rings (SSSR count). The van der Waals surface area contributed by atoms with Crippen LogP contribution in [-0.2, 0) is 23.1 Å². The summed E-state index contributed by atoms with van der Waals surface area (Å²) < 4.78 is 39.6. The third-order valence-electron chi connectivity index (χ3n) is 5.35. The van der Waals surface area contributed by atoms with Crippen molar-refractivity contribution in [3.8, 4) is 11.5 Å². The average Bonchev–Trinajstić information content (AvgIpc) is 3.09. The van der Waals surface area contributed by atoms with Gasteiger partial charge in [0.2, 0.25) is 10.0 Å². The zero-order valence-electron chi connectivity index (χ0n) is 15.9. The lowest BCUT2D eigenvalue weighted by molar-refractivity contribution is -0.901. The summed E-state index contributed by atoms with van der Waals surface area (Å²) in [5.74, 6) is 1.08. The minimum Gasteiger partial charge on any atom is -0.490 e. The molecule has 2 aromatic rings. The Hall–Kier alpha value is -2.09. The molecule has 1 saturated heterocycles. The quantitative estimate of drug-likeness (QED) is 0.767. The van der Waals surface area contributed by atoms with Crippen molar-refractivity contribution in [1.29, 1.82) is 0 Å². The molecule has 0 atom stereocenters. The van der Waals surface area contributed by atoms with Crippen molar-refractivity contribution < 1.29 is 22.8 Å². The van der Waals surface area contributed by atoms with Gasteiger partial charge in [-0.3, -0.25) is 0 Å². The Morgan fingerprint density at radius 3 is 2.39 bits per heavy atom. The summed E-state index contributed by atoms with van der Waals surface area (Å²) in [5, 5.41) is 0. The Bertz CT molecular complexity index is 924. The van der Waals surface area contributed by atoms with Crippen molar-refractivity contribution in [2.75, 3.05) is 26.3 Å². The van der Waals surface area contributed by atoms with Gasteiger partial charge in [-0.1, -0.05) is 24.3 Å². The summed E-state index contributed by atoms with van der Waals surface area (Å²) in [6, 6.07) is 12.9. The first-order valence-electron chi connectivity index (χ1n) is 9.91. The number of rotatable bonds is 6. The highest BCUT2D eigenvalue weighted by Gasteiger charge is 2.20. The zero-order chi connectivity index (χ0) is 19.4. The van der Waals surface area contributed by atoms with Crippen molar-refractivity contribution in [1.82, 2.24) is 4.72 Å². The highest BCUT2D eigenvalue weighted by molar-refractivity contribution is 7.89. The molecule has 6 nitrogen and oxygen atoms in total. The summed E-state index contributed by atoms with van der Waals surface area (Å²) in [7, 11) is -3.64. The van der Waals surface area contributed by atoms with Crippen LogP contribution in [0.25, 0.3) is 0 Å². The Morgan fingerprint density at radius 1 is 0.893 bits per heavy atom. The molecule has 28 heavy (non-hydrogen) atoms. The molecule has 2 N–H and O–H groups in total. The molecule has 0 aliphatic carbocycles. The van der Waals surface area contributed by atoms with Crippen LogP contribution in [0.5, 0.6) is 11.5 Å². The summed E-state index contributed by atoms with van der Waals surface area (Å²) in [4.78, 5) is 1.76.